The van der Waals surface area contributed by atoms with Crippen molar-refractivity contribution in [2.45, 2.75) is 46.1 Å². The van der Waals surface area contributed by atoms with Gasteiger partial charge >= 0.3 is 5.97 Å². The predicted octanol–water partition coefficient (Wildman–Crippen LogP) is 3.15. The normalized spacial score (nSPS) is 12.6. The van der Waals surface area contributed by atoms with Crippen LogP contribution < -0.4 is 5.32 Å². The second-order valence-corrected chi connectivity index (χ2v) is 5.35. The van der Waals surface area contributed by atoms with Crippen molar-refractivity contribution in [1.82, 2.24) is 10.3 Å². The highest BCUT2D eigenvalue weighted by molar-refractivity contribution is 7.11. The number of unbranched alkanes of at least 4 members (excludes halogenated alkanes) is 1. The van der Waals surface area contributed by atoms with Crippen LogP contribution in [-0.4, -0.2) is 22.6 Å². The quantitative estimate of drug-likeness (QED) is 0.723. The van der Waals surface area contributed by atoms with E-state index in [0.717, 1.165) is 12.2 Å². The Kier molecular flexibility index (Phi) is 6.90. The van der Waals surface area contributed by atoms with Crippen molar-refractivity contribution >= 4 is 17.3 Å². The molecule has 1 heterocycles. The molecule has 0 saturated heterocycles. The van der Waals surface area contributed by atoms with Gasteiger partial charge in [0.15, 0.2) is 0 Å². The first-order valence-corrected chi connectivity index (χ1v) is 7.43. The van der Waals surface area contributed by atoms with Crippen LogP contribution in [0.4, 0.5) is 0 Å². The van der Waals surface area contributed by atoms with Crippen molar-refractivity contribution in [3.8, 4) is 0 Å². The van der Waals surface area contributed by atoms with E-state index in [1.165, 1.54) is 37.0 Å². The number of hydrogen-bond acceptors (Lipinski definition) is 4. The van der Waals surface area contributed by atoms with E-state index in [4.69, 9.17) is 5.11 Å². The van der Waals surface area contributed by atoms with Gasteiger partial charge in [-0.15, -0.1) is 11.3 Å². The number of thiazole rings is 1. The standard InChI is InChI=1S/C13H22N2O2S/c1-3-5-6-10(4-2)7-14-8-11-9-18-12(15-11)13(16)17/h9-10,14H,3-8H2,1-2H3,(H,16,17). The molecule has 0 bridgehead atoms. The first-order chi connectivity index (χ1) is 8.67. The SMILES string of the molecule is CCCCC(CC)CNCc1csc(C(=O)O)n1. The Bertz CT molecular complexity index is 366. The highest BCUT2D eigenvalue weighted by atomic mass is 32.1. The second-order valence-electron chi connectivity index (χ2n) is 4.50. The molecule has 1 aromatic rings. The summed E-state index contributed by atoms with van der Waals surface area (Å²) in [4.78, 5) is 14.7. The van der Waals surface area contributed by atoms with Gasteiger partial charge < -0.3 is 10.4 Å². The summed E-state index contributed by atoms with van der Waals surface area (Å²) in [6.07, 6.45) is 4.96. The minimum absolute atomic E-state index is 0.171. The van der Waals surface area contributed by atoms with Crippen LogP contribution in [0.25, 0.3) is 0 Å². The molecular formula is C13H22N2O2S. The fraction of sp³-hybridized carbons (Fsp3) is 0.692. The third-order valence-corrected chi connectivity index (χ3v) is 3.90. The topological polar surface area (TPSA) is 62.2 Å². The molecule has 0 saturated carbocycles. The minimum Gasteiger partial charge on any atom is -0.476 e. The Morgan fingerprint density at radius 1 is 1.56 bits per heavy atom. The summed E-state index contributed by atoms with van der Waals surface area (Å²) in [6, 6.07) is 0. The summed E-state index contributed by atoms with van der Waals surface area (Å²) in [5.74, 6) is -0.233. The molecule has 102 valence electrons. The van der Waals surface area contributed by atoms with Crippen LogP contribution in [0.1, 0.15) is 55.0 Å². The maximum absolute atomic E-state index is 10.7. The minimum atomic E-state index is -0.944. The number of carboxylic acids is 1. The number of aromatic carboxylic acids is 1. The van der Waals surface area contributed by atoms with E-state index in [1.54, 1.807) is 0 Å². The average Bonchev–Trinajstić information content (AvgIpc) is 2.82. The summed E-state index contributed by atoms with van der Waals surface area (Å²) in [6.45, 7) is 6.07. The summed E-state index contributed by atoms with van der Waals surface area (Å²) in [5, 5.41) is 14.1. The van der Waals surface area contributed by atoms with E-state index in [0.29, 0.717) is 12.5 Å². The molecule has 0 spiro atoms. The zero-order valence-electron chi connectivity index (χ0n) is 11.1. The van der Waals surface area contributed by atoms with Crippen LogP contribution in [0, 0.1) is 5.92 Å². The summed E-state index contributed by atoms with van der Waals surface area (Å²) in [7, 11) is 0. The number of rotatable bonds is 9. The van der Waals surface area contributed by atoms with Gasteiger partial charge in [0.25, 0.3) is 0 Å². The monoisotopic (exact) mass is 270 g/mol. The van der Waals surface area contributed by atoms with Gasteiger partial charge in [0.1, 0.15) is 0 Å². The Hall–Kier alpha value is -0.940. The van der Waals surface area contributed by atoms with E-state index in [1.807, 2.05) is 5.38 Å². The van der Waals surface area contributed by atoms with Gasteiger partial charge in [-0.25, -0.2) is 9.78 Å². The largest absolute Gasteiger partial charge is 0.476 e. The van der Waals surface area contributed by atoms with Crippen LogP contribution >= 0.6 is 11.3 Å². The molecule has 0 aliphatic carbocycles. The maximum atomic E-state index is 10.7. The molecule has 1 unspecified atom stereocenters. The molecule has 0 aliphatic rings. The first-order valence-electron chi connectivity index (χ1n) is 6.55. The van der Waals surface area contributed by atoms with Crippen LogP contribution in [0.2, 0.25) is 0 Å². The van der Waals surface area contributed by atoms with Crippen molar-refractivity contribution in [3.05, 3.63) is 16.1 Å². The Balaban J connectivity index is 2.28. The predicted molar refractivity (Wildman–Crippen MR) is 74.1 cm³/mol. The zero-order valence-corrected chi connectivity index (χ0v) is 11.9. The average molecular weight is 270 g/mol. The van der Waals surface area contributed by atoms with Gasteiger partial charge in [-0.05, 0) is 18.9 Å². The fourth-order valence-corrected chi connectivity index (χ4v) is 2.49. The zero-order chi connectivity index (χ0) is 13.4. The molecule has 0 aliphatic heterocycles. The molecule has 0 radical (unpaired) electrons. The number of hydrogen-bond donors (Lipinski definition) is 2. The van der Waals surface area contributed by atoms with Crippen molar-refractivity contribution in [2.75, 3.05) is 6.54 Å². The summed E-state index contributed by atoms with van der Waals surface area (Å²) < 4.78 is 0. The van der Waals surface area contributed by atoms with E-state index >= 15 is 0 Å². The Morgan fingerprint density at radius 2 is 2.33 bits per heavy atom. The van der Waals surface area contributed by atoms with E-state index in [2.05, 4.69) is 24.1 Å². The van der Waals surface area contributed by atoms with Gasteiger partial charge in [0.2, 0.25) is 5.01 Å². The molecule has 18 heavy (non-hydrogen) atoms. The van der Waals surface area contributed by atoms with Crippen molar-refractivity contribution < 1.29 is 9.90 Å². The lowest BCUT2D eigenvalue weighted by Gasteiger charge is -2.14. The number of nitrogens with one attached hydrogen (secondary N) is 1. The van der Waals surface area contributed by atoms with Crippen LogP contribution in [0.15, 0.2) is 5.38 Å². The molecule has 0 aromatic carbocycles. The lowest BCUT2D eigenvalue weighted by molar-refractivity contribution is 0.0696. The van der Waals surface area contributed by atoms with Crippen molar-refractivity contribution in [2.24, 2.45) is 5.92 Å². The summed E-state index contributed by atoms with van der Waals surface area (Å²) in [5.41, 5.74) is 0.822. The van der Waals surface area contributed by atoms with Crippen LogP contribution in [-0.2, 0) is 6.54 Å². The molecule has 0 amide bonds. The van der Waals surface area contributed by atoms with Gasteiger partial charge in [-0.2, -0.15) is 0 Å². The Morgan fingerprint density at radius 3 is 2.89 bits per heavy atom. The smallest absolute Gasteiger partial charge is 0.365 e. The van der Waals surface area contributed by atoms with E-state index in [-0.39, 0.29) is 5.01 Å². The third-order valence-electron chi connectivity index (χ3n) is 3.02. The van der Waals surface area contributed by atoms with Gasteiger partial charge in [-0.1, -0.05) is 33.1 Å². The van der Waals surface area contributed by atoms with E-state index < -0.39 is 5.97 Å². The molecule has 4 nitrogen and oxygen atoms in total. The molecule has 1 aromatic heterocycles. The first kappa shape index (κ1) is 15.1. The number of carbonyl (C=O) groups is 1. The summed E-state index contributed by atoms with van der Waals surface area (Å²) >= 11 is 1.19. The maximum Gasteiger partial charge on any atom is 0.365 e. The van der Waals surface area contributed by atoms with Gasteiger partial charge in [-0.3, -0.25) is 0 Å². The highest BCUT2D eigenvalue weighted by Gasteiger charge is 2.09. The van der Waals surface area contributed by atoms with Gasteiger partial charge in [0, 0.05) is 11.9 Å². The molecule has 1 atom stereocenters. The highest BCUT2D eigenvalue weighted by Crippen LogP contribution is 2.12. The molecule has 2 N–H and O–H groups in total. The molecule has 1 rings (SSSR count). The second kappa shape index (κ2) is 8.21. The van der Waals surface area contributed by atoms with Crippen LogP contribution in [0.3, 0.4) is 0 Å². The van der Waals surface area contributed by atoms with Crippen molar-refractivity contribution in [3.63, 3.8) is 0 Å². The van der Waals surface area contributed by atoms with Crippen molar-refractivity contribution in [1.29, 1.82) is 0 Å². The number of aromatic nitrogens is 1. The fourth-order valence-electron chi connectivity index (χ4n) is 1.83. The molecular weight excluding hydrogens is 248 g/mol. The van der Waals surface area contributed by atoms with Crippen LogP contribution in [0.5, 0.6) is 0 Å². The lowest BCUT2D eigenvalue weighted by atomic mass is 9.99. The lowest BCUT2D eigenvalue weighted by Crippen LogP contribution is -2.22. The van der Waals surface area contributed by atoms with Gasteiger partial charge in [0.05, 0.1) is 5.69 Å². The van der Waals surface area contributed by atoms with E-state index in [9.17, 15) is 4.79 Å². The number of nitrogens with zero attached hydrogens (tertiary/aromatic N) is 1. The Labute approximate surface area is 112 Å². The third kappa shape index (κ3) is 5.14. The number of carboxylic acid groups (broad SMARTS) is 1. The molecule has 5 heteroatoms. The molecule has 0 fully saturated rings.